The van der Waals surface area contributed by atoms with Gasteiger partial charge in [-0.05, 0) is 37.1 Å². The Balaban J connectivity index is 2.22. The van der Waals surface area contributed by atoms with Crippen molar-refractivity contribution in [2.24, 2.45) is 0 Å². The molecule has 2 aromatic carbocycles. The zero-order valence-electron chi connectivity index (χ0n) is 11.7. The molecule has 112 valence electrons. The zero-order valence-corrected chi connectivity index (χ0v) is 14.0. The maximum absolute atomic E-state index is 12.3. The highest BCUT2D eigenvalue weighted by Gasteiger charge is 2.18. The molecular formula is C15H15Cl2NO2S. The summed E-state index contributed by atoms with van der Waals surface area (Å²) in [5, 5.41) is 0.560. The Labute approximate surface area is 135 Å². The molecule has 21 heavy (non-hydrogen) atoms. The zero-order chi connectivity index (χ0) is 15.6. The number of nitrogens with one attached hydrogen (secondary N) is 1. The summed E-state index contributed by atoms with van der Waals surface area (Å²) in [6.07, 6.45) is 0. The molecule has 0 heterocycles. The molecule has 0 saturated carbocycles. The molecule has 1 N–H and O–H groups in total. The van der Waals surface area contributed by atoms with Crippen LogP contribution in [-0.2, 0) is 16.6 Å². The van der Waals surface area contributed by atoms with Crippen LogP contribution in [0.5, 0.6) is 0 Å². The molecule has 2 rings (SSSR count). The highest BCUT2D eigenvalue weighted by Crippen LogP contribution is 2.28. The van der Waals surface area contributed by atoms with Gasteiger partial charge in [0, 0.05) is 6.54 Å². The van der Waals surface area contributed by atoms with Gasteiger partial charge in [-0.15, -0.1) is 0 Å². The highest BCUT2D eigenvalue weighted by atomic mass is 35.5. The lowest BCUT2D eigenvalue weighted by atomic mass is 10.2. The monoisotopic (exact) mass is 343 g/mol. The lowest BCUT2D eigenvalue weighted by Gasteiger charge is -2.11. The van der Waals surface area contributed by atoms with E-state index in [4.69, 9.17) is 23.2 Å². The minimum absolute atomic E-state index is 0.143. The van der Waals surface area contributed by atoms with E-state index in [2.05, 4.69) is 4.72 Å². The molecule has 0 amide bonds. The normalized spacial score (nSPS) is 11.6. The molecule has 0 aliphatic heterocycles. The molecule has 0 aromatic heterocycles. The number of sulfonamides is 1. The van der Waals surface area contributed by atoms with Crippen LogP contribution in [-0.4, -0.2) is 8.42 Å². The molecule has 0 bridgehead atoms. The summed E-state index contributed by atoms with van der Waals surface area (Å²) in [4.78, 5) is 0.143. The first-order valence-electron chi connectivity index (χ1n) is 6.30. The summed E-state index contributed by atoms with van der Waals surface area (Å²) in [6.45, 7) is 3.89. The average Bonchev–Trinajstić information content (AvgIpc) is 2.42. The Bertz CT molecular complexity index is 756. The largest absolute Gasteiger partial charge is 0.241 e. The number of hydrogen-bond acceptors (Lipinski definition) is 2. The summed E-state index contributed by atoms with van der Waals surface area (Å²) >= 11 is 11.8. The molecule has 2 aromatic rings. The van der Waals surface area contributed by atoms with Crippen molar-refractivity contribution in [3.63, 3.8) is 0 Å². The number of benzene rings is 2. The predicted octanol–water partition coefficient (Wildman–Crippen LogP) is 4.09. The van der Waals surface area contributed by atoms with Crippen LogP contribution in [0, 0.1) is 13.8 Å². The summed E-state index contributed by atoms with van der Waals surface area (Å²) in [5.74, 6) is 0. The first kappa shape index (κ1) is 16.3. The van der Waals surface area contributed by atoms with Crippen molar-refractivity contribution >= 4 is 33.2 Å². The molecule has 0 aliphatic rings. The van der Waals surface area contributed by atoms with Crippen LogP contribution < -0.4 is 4.72 Å². The molecule has 0 aliphatic carbocycles. The van der Waals surface area contributed by atoms with E-state index in [1.165, 1.54) is 6.07 Å². The van der Waals surface area contributed by atoms with Crippen LogP contribution in [0.1, 0.15) is 16.7 Å². The summed E-state index contributed by atoms with van der Waals surface area (Å²) in [7, 11) is -3.63. The van der Waals surface area contributed by atoms with E-state index in [1.54, 1.807) is 13.0 Å². The fraction of sp³-hybridized carbons (Fsp3) is 0.200. The van der Waals surface area contributed by atoms with E-state index in [1.807, 2.05) is 31.2 Å². The van der Waals surface area contributed by atoms with E-state index in [9.17, 15) is 8.42 Å². The van der Waals surface area contributed by atoms with E-state index in [0.29, 0.717) is 10.6 Å². The van der Waals surface area contributed by atoms with Crippen LogP contribution >= 0.6 is 23.2 Å². The van der Waals surface area contributed by atoms with Crippen molar-refractivity contribution in [3.8, 4) is 0 Å². The number of halogens is 2. The minimum Gasteiger partial charge on any atom is -0.207 e. The van der Waals surface area contributed by atoms with Gasteiger partial charge in [-0.25, -0.2) is 13.1 Å². The molecule has 0 atom stereocenters. The third-order valence-electron chi connectivity index (χ3n) is 3.09. The second-order valence-electron chi connectivity index (χ2n) is 4.84. The molecule has 0 unspecified atom stereocenters. The second kappa shape index (κ2) is 6.36. The van der Waals surface area contributed by atoms with Crippen LogP contribution in [0.15, 0.2) is 41.3 Å². The van der Waals surface area contributed by atoms with Crippen LogP contribution in [0.25, 0.3) is 0 Å². The van der Waals surface area contributed by atoms with Crippen LogP contribution in [0.2, 0.25) is 10.0 Å². The van der Waals surface area contributed by atoms with Crippen molar-refractivity contribution in [1.82, 2.24) is 4.72 Å². The van der Waals surface area contributed by atoms with Crippen molar-refractivity contribution < 1.29 is 8.42 Å². The number of rotatable bonds is 4. The molecule has 0 spiro atoms. The highest BCUT2D eigenvalue weighted by molar-refractivity contribution is 7.89. The van der Waals surface area contributed by atoms with Crippen LogP contribution in [0.3, 0.4) is 0 Å². The molecule has 0 saturated heterocycles. The van der Waals surface area contributed by atoms with Crippen molar-refractivity contribution in [1.29, 1.82) is 0 Å². The topological polar surface area (TPSA) is 46.2 Å². The van der Waals surface area contributed by atoms with Gasteiger partial charge in [0.1, 0.15) is 0 Å². The number of hydrogen-bond donors (Lipinski definition) is 1. The fourth-order valence-corrected chi connectivity index (χ4v) is 3.59. The Kier molecular flexibility index (Phi) is 4.94. The lowest BCUT2D eigenvalue weighted by Crippen LogP contribution is -2.24. The molecule has 6 heteroatoms. The van der Waals surface area contributed by atoms with Crippen LogP contribution in [0.4, 0.5) is 0 Å². The molecule has 0 fully saturated rings. The molecule has 3 nitrogen and oxygen atoms in total. The summed E-state index contributed by atoms with van der Waals surface area (Å²) in [5.41, 5.74) is 2.57. The minimum atomic E-state index is -3.63. The van der Waals surface area contributed by atoms with E-state index in [-0.39, 0.29) is 16.5 Å². The standard InChI is InChI=1S/C15H15Cl2NO2S/c1-10-3-5-12(6-4-10)9-18-21(19,20)15-8-14(17)13(16)7-11(15)2/h3-8,18H,9H2,1-2H3. The predicted molar refractivity (Wildman–Crippen MR) is 86.4 cm³/mol. The van der Waals surface area contributed by atoms with E-state index < -0.39 is 10.0 Å². The van der Waals surface area contributed by atoms with Gasteiger partial charge in [-0.3, -0.25) is 0 Å². The average molecular weight is 344 g/mol. The van der Waals surface area contributed by atoms with E-state index in [0.717, 1.165) is 11.1 Å². The van der Waals surface area contributed by atoms with Crippen molar-refractivity contribution in [3.05, 3.63) is 63.1 Å². The summed E-state index contributed by atoms with van der Waals surface area (Å²) in [6, 6.07) is 10.6. The third kappa shape index (κ3) is 3.98. The smallest absolute Gasteiger partial charge is 0.207 e. The lowest BCUT2D eigenvalue weighted by molar-refractivity contribution is 0.580. The van der Waals surface area contributed by atoms with Gasteiger partial charge < -0.3 is 0 Å². The van der Waals surface area contributed by atoms with Gasteiger partial charge in [0.05, 0.1) is 14.9 Å². The van der Waals surface area contributed by atoms with Gasteiger partial charge in [-0.2, -0.15) is 0 Å². The van der Waals surface area contributed by atoms with Gasteiger partial charge in [0.15, 0.2) is 0 Å². The Morgan fingerprint density at radius 3 is 2.19 bits per heavy atom. The molecular weight excluding hydrogens is 329 g/mol. The fourth-order valence-electron chi connectivity index (χ4n) is 1.88. The van der Waals surface area contributed by atoms with Gasteiger partial charge >= 0.3 is 0 Å². The van der Waals surface area contributed by atoms with Crippen molar-refractivity contribution in [2.45, 2.75) is 25.3 Å². The second-order valence-corrected chi connectivity index (χ2v) is 7.39. The molecule has 0 radical (unpaired) electrons. The quantitative estimate of drug-likeness (QED) is 0.908. The Morgan fingerprint density at radius 1 is 1.00 bits per heavy atom. The van der Waals surface area contributed by atoms with Gasteiger partial charge in [-0.1, -0.05) is 53.0 Å². The first-order valence-corrected chi connectivity index (χ1v) is 8.54. The van der Waals surface area contributed by atoms with Crippen molar-refractivity contribution in [2.75, 3.05) is 0 Å². The Hall–Kier alpha value is -1.07. The maximum atomic E-state index is 12.3. The third-order valence-corrected chi connectivity index (χ3v) is 5.36. The SMILES string of the molecule is Cc1ccc(CNS(=O)(=O)c2cc(Cl)c(Cl)cc2C)cc1. The maximum Gasteiger partial charge on any atom is 0.241 e. The van der Waals surface area contributed by atoms with Gasteiger partial charge in [0.2, 0.25) is 10.0 Å². The number of aryl methyl sites for hydroxylation is 2. The van der Waals surface area contributed by atoms with Gasteiger partial charge in [0.25, 0.3) is 0 Å². The first-order chi connectivity index (χ1) is 9.79. The Morgan fingerprint density at radius 2 is 1.57 bits per heavy atom. The summed E-state index contributed by atoms with van der Waals surface area (Å²) < 4.78 is 27.3. The van der Waals surface area contributed by atoms with E-state index >= 15 is 0 Å².